The Morgan fingerprint density at radius 3 is 1.86 bits per heavy atom. The van der Waals surface area contributed by atoms with Crippen molar-refractivity contribution in [1.29, 1.82) is 0 Å². The van der Waals surface area contributed by atoms with Crippen molar-refractivity contribution in [2.45, 2.75) is 140 Å². The predicted octanol–water partition coefficient (Wildman–Crippen LogP) is 1.35. The van der Waals surface area contributed by atoms with E-state index in [0.29, 0.717) is 17.7 Å². The van der Waals surface area contributed by atoms with E-state index in [1.165, 1.54) is 67.5 Å². The maximum Gasteiger partial charge on any atom is 0.417 e. The molecule has 1 aromatic carbocycles. The number of carbonyl (C=O) groups is 7. The van der Waals surface area contributed by atoms with E-state index < -0.39 is 113 Å². The number of benzene rings is 1. The minimum Gasteiger partial charge on any atom is -0.443 e. The Balaban J connectivity index is 2.55. The van der Waals surface area contributed by atoms with Gasteiger partial charge in [-0.15, -0.1) is 0 Å². The maximum atomic E-state index is 15.0. The van der Waals surface area contributed by atoms with Crippen molar-refractivity contribution in [1.82, 2.24) is 20.9 Å². The van der Waals surface area contributed by atoms with Crippen LogP contribution >= 0.6 is 7.80 Å². The van der Waals surface area contributed by atoms with E-state index >= 15 is 0 Å². The number of primary amides is 1. The first-order chi connectivity index (χ1) is 26.6. The van der Waals surface area contributed by atoms with Crippen molar-refractivity contribution in [3.8, 4) is 0 Å². The van der Waals surface area contributed by atoms with Crippen LogP contribution in [0, 0.1) is 11.8 Å². The molecule has 6 amide bonds. The summed E-state index contributed by atoms with van der Waals surface area (Å²) in [5.41, 5.74) is 11.2. The van der Waals surface area contributed by atoms with Crippen molar-refractivity contribution < 1.29 is 52.7 Å². The third kappa shape index (κ3) is 10.5. The highest BCUT2D eigenvalue weighted by atomic mass is 31.1. The smallest absolute Gasteiger partial charge is 0.417 e. The number of imide groups is 1. The standard InChI is InChI=1S/C39H64N7O11P/c1-22(2)27(28(40)48)44-33(53)39(42,23(3)4)31(51)37(19-15-16-20-37)58(55)36(10,56-11)45-29(49)25(6)46(34(54)57-35(7,8)9)30(50)24(5)43-32(52)38(41,21-47)26-17-13-12-14-18-26/h12-14,17-18,22-25,27,47,58H,15-16,19-21,41-42H2,1-11H3,(H2,40,48)(H,43,52)(H,44,53)(H,45,49)/t24-,25-,27-,36?,38+,39+/m0/s1. The first-order valence-corrected chi connectivity index (χ1v) is 20.7. The van der Waals surface area contributed by atoms with Crippen molar-refractivity contribution in [2.75, 3.05) is 13.7 Å². The number of hydrogen-bond acceptors (Lipinski definition) is 13. The number of Topliss-reactive ketones (excluding diaryl/α,β-unsaturated/α-hetero) is 1. The summed E-state index contributed by atoms with van der Waals surface area (Å²) in [6.45, 7) is 13.8. The highest BCUT2D eigenvalue weighted by Crippen LogP contribution is 2.59. The lowest BCUT2D eigenvalue weighted by molar-refractivity contribution is -0.144. The SMILES string of the molecule is COC(C)(NC(=O)[C@H](C)N(C(=O)OC(C)(C)C)C(=O)[C@H](C)NC(=O)[C@@](N)(CO)c1ccccc1)[PH](=O)C1(C(=O)[C@@](N)(C(=O)N[C@H](C(N)=O)C(C)C)C(C)C)CCCC1. The van der Waals surface area contributed by atoms with Crippen LogP contribution in [0.3, 0.4) is 0 Å². The quantitative estimate of drug-likeness (QED) is 0.0625. The fourth-order valence-electron chi connectivity index (χ4n) is 6.88. The largest absolute Gasteiger partial charge is 0.443 e. The summed E-state index contributed by atoms with van der Waals surface area (Å²) in [6, 6.07) is 3.55. The van der Waals surface area contributed by atoms with Crippen LogP contribution in [0.4, 0.5) is 4.79 Å². The lowest BCUT2D eigenvalue weighted by Crippen LogP contribution is -2.70. The molecule has 58 heavy (non-hydrogen) atoms. The lowest BCUT2D eigenvalue weighted by atomic mass is 9.76. The second-order valence-electron chi connectivity index (χ2n) is 16.9. The number of nitrogens with two attached hydrogens (primary N) is 3. The van der Waals surface area contributed by atoms with Gasteiger partial charge in [-0.3, -0.25) is 28.8 Å². The molecule has 0 spiro atoms. The van der Waals surface area contributed by atoms with Crippen LogP contribution in [0.15, 0.2) is 30.3 Å². The number of ketones is 1. The molecule has 1 aliphatic carbocycles. The van der Waals surface area contributed by atoms with Crippen LogP contribution < -0.4 is 33.2 Å². The Morgan fingerprint density at radius 2 is 1.43 bits per heavy atom. The molecule has 0 aromatic heterocycles. The lowest BCUT2D eigenvalue weighted by Gasteiger charge is -2.43. The van der Waals surface area contributed by atoms with Crippen LogP contribution in [-0.2, 0) is 48.3 Å². The molecule has 0 bridgehead atoms. The van der Waals surface area contributed by atoms with Crippen LogP contribution in [0.25, 0.3) is 0 Å². The van der Waals surface area contributed by atoms with Gasteiger partial charge in [-0.2, -0.15) is 0 Å². The molecule has 2 unspecified atom stereocenters. The number of ether oxygens (including phenoxy) is 2. The Labute approximate surface area is 341 Å². The number of methoxy groups -OCH3 is 1. The molecule has 0 saturated heterocycles. The fourth-order valence-corrected chi connectivity index (χ4v) is 9.43. The van der Waals surface area contributed by atoms with Gasteiger partial charge in [0.1, 0.15) is 37.1 Å². The molecule has 1 saturated carbocycles. The minimum absolute atomic E-state index is 0.0234. The van der Waals surface area contributed by atoms with Crippen LogP contribution in [-0.4, -0.2) is 105 Å². The van der Waals surface area contributed by atoms with Gasteiger partial charge in [-0.25, -0.2) is 9.69 Å². The summed E-state index contributed by atoms with van der Waals surface area (Å²) in [4.78, 5) is 96.5. The number of carbonyl (C=O) groups excluding carboxylic acids is 7. The van der Waals surface area contributed by atoms with Crippen LogP contribution in [0.5, 0.6) is 0 Å². The summed E-state index contributed by atoms with van der Waals surface area (Å²) in [5, 5.41) is 15.8. The second kappa shape index (κ2) is 19.2. The van der Waals surface area contributed by atoms with E-state index in [-0.39, 0.29) is 18.4 Å². The number of aliphatic hydroxyl groups is 1. The summed E-state index contributed by atoms with van der Waals surface area (Å²) in [5.74, 6) is -7.11. The first kappa shape index (κ1) is 49.9. The van der Waals surface area contributed by atoms with Gasteiger partial charge in [-0.1, -0.05) is 70.9 Å². The maximum absolute atomic E-state index is 15.0. The molecule has 7 atom stereocenters. The zero-order chi connectivity index (χ0) is 44.8. The van der Waals surface area contributed by atoms with E-state index in [1.54, 1.807) is 32.0 Å². The zero-order valence-electron chi connectivity index (χ0n) is 35.5. The third-order valence-electron chi connectivity index (χ3n) is 10.7. The van der Waals surface area contributed by atoms with E-state index in [4.69, 9.17) is 26.7 Å². The molecule has 326 valence electrons. The molecular weight excluding hydrogens is 773 g/mol. The van der Waals surface area contributed by atoms with Crippen molar-refractivity contribution in [3.63, 3.8) is 0 Å². The van der Waals surface area contributed by atoms with E-state index in [2.05, 4.69) is 16.0 Å². The highest BCUT2D eigenvalue weighted by Gasteiger charge is 2.61. The van der Waals surface area contributed by atoms with Crippen LogP contribution in [0.2, 0.25) is 0 Å². The molecule has 2 rings (SSSR count). The van der Waals surface area contributed by atoms with Gasteiger partial charge in [0.2, 0.25) is 23.6 Å². The third-order valence-corrected chi connectivity index (χ3v) is 13.5. The summed E-state index contributed by atoms with van der Waals surface area (Å²) in [7, 11) is -2.39. The van der Waals surface area contributed by atoms with Gasteiger partial charge >= 0.3 is 6.09 Å². The Kier molecular flexibility index (Phi) is 16.6. The highest BCUT2D eigenvalue weighted by molar-refractivity contribution is 7.49. The average Bonchev–Trinajstić information content (AvgIpc) is 3.65. The zero-order valence-corrected chi connectivity index (χ0v) is 36.5. The number of hydrogen-bond donors (Lipinski definition) is 7. The second-order valence-corrected chi connectivity index (χ2v) is 19.4. The van der Waals surface area contributed by atoms with Crippen molar-refractivity contribution in [3.05, 3.63) is 35.9 Å². The van der Waals surface area contributed by atoms with Gasteiger partial charge in [0.15, 0.2) is 16.8 Å². The first-order valence-electron chi connectivity index (χ1n) is 19.3. The number of amides is 6. The molecule has 0 heterocycles. The number of nitrogens with zero attached hydrogens (tertiary/aromatic N) is 1. The molecule has 19 heteroatoms. The molecule has 1 aromatic rings. The van der Waals surface area contributed by atoms with Gasteiger partial charge in [0, 0.05) is 7.11 Å². The molecule has 18 nitrogen and oxygen atoms in total. The Morgan fingerprint density at radius 1 is 0.897 bits per heavy atom. The van der Waals surface area contributed by atoms with Gasteiger partial charge < -0.3 is 52.3 Å². The van der Waals surface area contributed by atoms with E-state index in [0.717, 1.165) is 7.11 Å². The van der Waals surface area contributed by atoms with E-state index in [9.17, 15) is 43.2 Å². The molecule has 0 aliphatic heterocycles. The Hall–Kier alpha value is -4.22. The molecule has 1 fully saturated rings. The normalized spacial score (nSPS) is 19.2. The van der Waals surface area contributed by atoms with Crippen LogP contribution in [0.1, 0.15) is 100 Å². The topological polar surface area (TPSA) is 293 Å². The van der Waals surface area contributed by atoms with Crippen molar-refractivity contribution >= 4 is 49.2 Å². The Bertz CT molecular complexity index is 1730. The molecular formula is C39H64N7O11P. The fraction of sp³-hybridized carbons (Fsp3) is 0.667. The number of aliphatic hydroxyl groups excluding tert-OH is 1. The molecule has 1 aliphatic rings. The number of nitrogens with one attached hydrogen (secondary N) is 3. The molecule has 10 N–H and O–H groups in total. The minimum atomic E-state index is -3.54. The van der Waals surface area contributed by atoms with Gasteiger partial charge in [0.25, 0.3) is 5.91 Å². The van der Waals surface area contributed by atoms with Gasteiger partial charge in [0.05, 0.1) is 11.8 Å². The van der Waals surface area contributed by atoms with Crippen molar-refractivity contribution in [2.24, 2.45) is 29.0 Å². The summed E-state index contributed by atoms with van der Waals surface area (Å²) in [6.07, 6.45) is -0.364. The summed E-state index contributed by atoms with van der Waals surface area (Å²) < 4.78 is 26.1. The molecule has 0 radical (unpaired) electrons. The average molecular weight is 838 g/mol. The number of rotatable bonds is 18. The predicted molar refractivity (Wildman–Crippen MR) is 216 cm³/mol. The van der Waals surface area contributed by atoms with Gasteiger partial charge in [-0.05, 0) is 71.8 Å². The van der Waals surface area contributed by atoms with E-state index in [1.807, 2.05) is 0 Å². The summed E-state index contributed by atoms with van der Waals surface area (Å²) >= 11 is 0. The monoisotopic (exact) mass is 837 g/mol.